The minimum absolute atomic E-state index is 0.312. The van der Waals surface area contributed by atoms with Crippen LogP contribution in [-0.4, -0.2) is 33.2 Å². The Morgan fingerprint density at radius 1 is 0.585 bits per heavy atom. The quantitative estimate of drug-likeness (QED) is 0.181. The third-order valence-electron chi connectivity index (χ3n) is 10.6. The third-order valence-corrected chi connectivity index (χ3v) is 12.7. The van der Waals surface area contributed by atoms with E-state index in [0.717, 1.165) is 71.6 Å². The molecule has 53 heavy (non-hydrogen) atoms. The number of allylic oxidation sites excluding steroid dienone is 3. The van der Waals surface area contributed by atoms with Gasteiger partial charge in [-0.2, -0.15) is 9.97 Å². The molecular formula is C45H28N4O3S. The maximum Gasteiger partial charge on any atom is 0.238 e. The lowest BCUT2D eigenvalue weighted by molar-refractivity contribution is 0.592. The molecule has 2 aliphatic rings. The van der Waals surface area contributed by atoms with Gasteiger partial charge in [0.2, 0.25) is 5.95 Å². The van der Waals surface area contributed by atoms with Crippen LogP contribution in [-0.2, 0) is 9.84 Å². The molecular weight excluding hydrogens is 677 g/mol. The summed E-state index contributed by atoms with van der Waals surface area (Å²) in [5.74, 6) is 1.25. The van der Waals surface area contributed by atoms with Crippen molar-refractivity contribution in [3.63, 3.8) is 0 Å². The Morgan fingerprint density at radius 3 is 2.15 bits per heavy atom. The van der Waals surface area contributed by atoms with Crippen molar-refractivity contribution in [1.29, 1.82) is 0 Å². The van der Waals surface area contributed by atoms with Crippen LogP contribution < -0.4 is 0 Å². The molecule has 1 unspecified atom stereocenters. The molecule has 0 spiro atoms. The molecule has 1 aliphatic heterocycles. The molecule has 4 heterocycles. The zero-order valence-electron chi connectivity index (χ0n) is 28.1. The summed E-state index contributed by atoms with van der Waals surface area (Å²) in [6.07, 6.45) is 6.22. The molecule has 8 heteroatoms. The minimum atomic E-state index is -3.58. The molecule has 252 valence electrons. The van der Waals surface area contributed by atoms with Gasteiger partial charge in [0.15, 0.2) is 21.5 Å². The Hall–Kier alpha value is -6.64. The standard InChI is InChI=1S/C45H28N4O3S/c50-53(51)41-17-9-6-14-34(41)35-22-19-30(26-42(35)53)44-46-43(29-18-21-33-32-13-5-8-16-39(32)52-40(33)25-29)47-45(48-44)49-37-15-7-4-12-31(37)36-24-28(20-23-38(36)49)27-10-2-1-3-11-27/h1-16,18-26,41H,17H2. The number of nitrogens with zero attached hydrogens (tertiary/aromatic N) is 4. The Bertz CT molecular complexity index is 3180. The molecule has 3 aromatic heterocycles. The van der Waals surface area contributed by atoms with Crippen molar-refractivity contribution < 1.29 is 12.8 Å². The summed E-state index contributed by atoms with van der Waals surface area (Å²) in [7, 11) is -3.58. The first kappa shape index (κ1) is 30.0. The number of para-hydroxylation sites is 2. The zero-order chi connectivity index (χ0) is 35.3. The summed E-state index contributed by atoms with van der Waals surface area (Å²) in [6.45, 7) is 0. The molecule has 6 aromatic carbocycles. The molecule has 0 fully saturated rings. The van der Waals surface area contributed by atoms with E-state index in [0.29, 0.717) is 34.5 Å². The van der Waals surface area contributed by atoms with Crippen LogP contribution in [0.2, 0.25) is 0 Å². The van der Waals surface area contributed by atoms with E-state index in [1.807, 2.05) is 97.1 Å². The van der Waals surface area contributed by atoms with Crippen molar-refractivity contribution in [2.45, 2.75) is 16.6 Å². The molecule has 9 aromatic rings. The summed E-state index contributed by atoms with van der Waals surface area (Å²) in [5, 5.41) is 3.61. The number of fused-ring (bicyclic) bond motifs is 9. The van der Waals surface area contributed by atoms with Gasteiger partial charge in [0.25, 0.3) is 0 Å². The molecule has 11 rings (SSSR count). The lowest BCUT2D eigenvalue weighted by Gasteiger charge is -2.12. The number of rotatable bonds is 4. The monoisotopic (exact) mass is 704 g/mol. The average Bonchev–Trinajstić information content (AvgIpc) is 3.83. The smallest absolute Gasteiger partial charge is 0.238 e. The topological polar surface area (TPSA) is 90.9 Å². The lowest BCUT2D eigenvalue weighted by Crippen LogP contribution is -2.16. The number of sulfone groups is 1. The van der Waals surface area contributed by atoms with Crippen LogP contribution in [0.5, 0.6) is 0 Å². The predicted molar refractivity (Wildman–Crippen MR) is 210 cm³/mol. The van der Waals surface area contributed by atoms with E-state index in [1.54, 1.807) is 6.07 Å². The summed E-state index contributed by atoms with van der Waals surface area (Å²) in [5.41, 5.74) is 8.61. The second-order valence-electron chi connectivity index (χ2n) is 13.6. The average molecular weight is 705 g/mol. The molecule has 0 saturated heterocycles. The summed E-state index contributed by atoms with van der Waals surface area (Å²) in [4.78, 5) is 15.6. The highest BCUT2D eigenvalue weighted by Gasteiger charge is 2.41. The van der Waals surface area contributed by atoms with E-state index < -0.39 is 15.1 Å². The second-order valence-corrected chi connectivity index (χ2v) is 15.7. The highest BCUT2D eigenvalue weighted by atomic mass is 32.2. The number of furan rings is 1. The zero-order valence-corrected chi connectivity index (χ0v) is 29.0. The van der Waals surface area contributed by atoms with E-state index in [2.05, 4.69) is 53.1 Å². The van der Waals surface area contributed by atoms with Crippen LogP contribution in [0.4, 0.5) is 0 Å². The van der Waals surface area contributed by atoms with Gasteiger partial charge in [-0.15, -0.1) is 0 Å². The molecule has 7 nitrogen and oxygen atoms in total. The predicted octanol–water partition coefficient (Wildman–Crippen LogP) is 10.4. The third kappa shape index (κ3) is 4.52. The minimum Gasteiger partial charge on any atom is -0.456 e. The van der Waals surface area contributed by atoms with Crippen LogP contribution in [0, 0.1) is 0 Å². The van der Waals surface area contributed by atoms with Gasteiger partial charge in [-0.25, -0.2) is 13.4 Å². The molecule has 0 saturated carbocycles. The van der Waals surface area contributed by atoms with Crippen LogP contribution in [0.15, 0.2) is 161 Å². The normalized spacial score (nSPS) is 16.0. The number of benzene rings is 6. The van der Waals surface area contributed by atoms with Crippen LogP contribution in [0.3, 0.4) is 0 Å². The number of hydrogen-bond donors (Lipinski definition) is 0. The van der Waals surface area contributed by atoms with Gasteiger partial charge >= 0.3 is 0 Å². The first-order valence-corrected chi connectivity index (χ1v) is 19.1. The summed E-state index contributed by atoms with van der Waals surface area (Å²) in [6, 6.07) is 44.6. The fourth-order valence-corrected chi connectivity index (χ4v) is 10.0. The van der Waals surface area contributed by atoms with Crippen LogP contribution >= 0.6 is 0 Å². The Morgan fingerprint density at radius 2 is 1.28 bits per heavy atom. The molecule has 0 radical (unpaired) electrons. The summed E-state index contributed by atoms with van der Waals surface area (Å²) >= 11 is 0. The largest absolute Gasteiger partial charge is 0.456 e. The molecule has 0 N–H and O–H groups in total. The van der Waals surface area contributed by atoms with E-state index in [4.69, 9.17) is 19.4 Å². The Kier molecular flexibility index (Phi) is 6.33. The molecule has 1 aliphatic carbocycles. The van der Waals surface area contributed by atoms with Crippen molar-refractivity contribution in [2.24, 2.45) is 0 Å². The van der Waals surface area contributed by atoms with E-state index in [-0.39, 0.29) is 0 Å². The van der Waals surface area contributed by atoms with Gasteiger partial charge in [0, 0.05) is 32.7 Å². The van der Waals surface area contributed by atoms with E-state index in [9.17, 15) is 8.42 Å². The highest BCUT2D eigenvalue weighted by Crippen LogP contribution is 2.44. The maximum atomic E-state index is 13.8. The van der Waals surface area contributed by atoms with Crippen molar-refractivity contribution in [3.8, 4) is 39.9 Å². The van der Waals surface area contributed by atoms with Crippen molar-refractivity contribution in [3.05, 3.63) is 157 Å². The van der Waals surface area contributed by atoms with Gasteiger partial charge in [-0.1, -0.05) is 109 Å². The SMILES string of the molecule is O=S1(=O)c2cc(-c3nc(-c4ccc5c(c4)oc4ccccc45)nc(-n4c5ccccc5c5cc(-c6ccccc6)ccc54)n3)ccc2C2=CC=CCC21. The van der Waals surface area contributed by atoms with E-state index in [1.165, 1.54) is 0 Å². The van der Waals surface area contributed by atoms with E-state index >= 15 is 0 Å². The highest BCUT2D eigenvalue weighted by molar-refractivity contribution is 7.93. The van der Waals surface area contributed by atoms with Crippen LogP contribution in [0.1, 0.15) is 12.0 Å². The lowest BCUT2D eigenvalue weighted by atomic mass is 9.96. The Balaban J connectivity index is 1.15. The van der Waals surface area contributed by atoms with Crippen molar-refractivity contribution >= 4 is 59.2 Å². The fourth-order valence-electron chi connectivity index (χ4n) is 8.04. The maximum absolute atomic E-state index is 13.8. The molecule has 0 amide bonds. The van der Waals surface area contributed by atoms with Gasteiger partial charge in [-0.05, 0) is 71.1 Å². The second kappa shape index (κ2) is 11.2. The molecule has 0 bridgehead atoms. The van der Waals surface area contributed by atoms with Crippen molar-refractivity contribution in [1.82, 2.24) is 19.5 Å². The number of aromatic nitrogens is 4. The first-order chi connectivity index (χ1) is 26.0. The van der Waals surface area contributed by atoms with Gasteiger partial charge in [0.1, 0.15) is 11.2 Å². The van der Waals surface area contributed by atoms with Crippen molar-refractivity contribution in [2.75, 3.05) is 0 Å². The Labute approximate surface area is 304 Å². The van der Waals surface area contributed by atoms with Crippen LogP contribution in [0.25, 0.3) is 89.2 Å². The summed E-state index contributed by atoms with van der Waals surface area (Å²) < 4.78 is 36.0. The first-order valence-electron chi connectivity index (χ1n) is 17.5. The van der Waals surface area contributed by atoms with Gasteiger partial charge in [-0.3, -0.25) is 4.57 Å². The molecule has 1 atom stereocenters. The number of hydrogen-bond acceptors (Lipinski definition) is 6. The fraction of sp³-hybridized carbons (Fsp3) is 0.0444. The van der Waals surface area contributed by atoms with Gasteiger partial charge < -0.3 is 4.42 Å². The van der Waals surface area contributed by atoms with Gasteiger partial charge in [0.05, 0.1) is 21.2 Å².